The average Bonchev–Trinajstić information content (AvgIpc) is 3.30. The third kappa shape index (κ3) is 6.39. The highest BCUT2D eigenvalue weighted by Gasteiger charge is 2.20. The molecule has 0 saturated carbocycles. The van der Waals surface area contributed by atoms with Gasteiger partial charge in [0, 0.05) is 49.4 Å². The summed E-state index contributed by atoms with van der Waals surface area (Å²) in [5, 5.41) is 10.4. The minimum Gasteiger partial charge on any atom is -0.382 e. The van der Waals surface area contributed by atoms with E-state index in [9.17, 15) is 0 Å². The van der Waals surface area contributed by atoms with E-state index in [2.05, 4.69) is 72.2 Å². The lowest BCUT2D eigenvalue weighted by atomic mass is 10.0. The highest BCUT2D eigenvalue weighted by atomic mass is 31.0. The van der Waals surface area contributed by atoms with Crippen LogP contribution < -0.4 is 10.8 Å². The number of allylic oxidation sites excluding steroid dienone is 3. The number of hydrogen-bond donors (Lipinski definition) is 2. The molecule has 0 aliphatic carbocycles. The van der Waals surface area contributed by atoms with Crippen molar-refractivity contribution in [1.29, 1.82) is 0 Å². The maximum absolute atomic E-state index is 5.16. The number of nitrogens with one attached hydrogen (secondary N) is 2. The second-order valence-electron chi connectivity index (χ2n) is 8.16. The van der Waals surface area contributed by atoms with E-state index in [0.717, 1.165) is 70.1 Å². The highest BCUT2D eigenvalue weighted by Crippen LogP contribution is 2.25. The van der Waals surface area contributed by atoms with E-state index in [1.807, 2.05) is 38.4 Å². The highest BCUT2D eigenvalue weighted by molar-refractivity contribution is 7.27. The summed E-state index contributed by atoms with van der Waals surface area (Å²) >= 11 is 0. The maximum atomic E-state index is 5.16. The minimum absolute atomic E-state index is 0.712. The molecule has 1 saturated heterocycles. The molecule has 0 aromatic carbocycles. The van der Waals surface area contributed by atoms with E-state index in [-0.39, 0.29) is 0 Å². The zero-order chi connectivity index (χ0) is 24.5. The number of nitrogens with zero attached hydrogens (tertiary/aromatic N) is 5. The molecule has 1 unspecified atom stereocenters. The van der Waals surface area contributed by atoms with Crippen molar-refractivity contribution in [2.45, 2.75) is 40.7 Å². The van der Waals surface area contributed by atoms with Gasteiger partial charge < -0.3 is 10.2 Å². The lowest BCUT2D eigenvalue weighted by molar-refractivity contribution is 0.415. The lowest BCUT2D eigenvalue weighted by Gasteiger charge is -2.26. The third-order valence-electron chi connectivity index (χ3n) is 5.46. The summed E-state index contributed by atoms with van der Waals surface area (Å²) in [7, 11) is 2.73. The molecule has 8 heteroatoms. The Bertz CT molecular complexity index is 1150. The topological polar surface area (TPSA) is 81.6 Å². The SMILES string of the molecule is C=C1NCCCN(Cc2cccnc2P)C1=N/C(=C\C)C(/C=C(\N=CC)c1cn[nH]c1)=C(C)C. The van der Waals surface area contributed by atoms with E-state index in [1.54, 1.807) is 12.4 Å². The van der Waals surface area contributed by atoms with Gasteiger partial charge in [-0.25, -0.2) is 4.99 Å². The van der Waals surface area contributed by atoms with Crippen molar-refractivity contribution in [2.75, 3.05) is 13.1 Å². The van der Waals surface area contributed by atoms with Gasteiger partial charge in [0.1, 0.15) is 0 Å². The Morgan fingerprint density at radius 1 is 1.32 bits per heavy atom. The fourth-order valence-electron chi connectivity index (χ4n) is 3.70. The summed E-state index contributed by atoms with van der Waals surface area (Å²) in [6.07, 6.45) is 12.3. The average molecular weight is 476 g/mol. The van der Waals surface area contributed by atoms with Crippen LogP contribution in [0.1, 0.15) is 45.2 Å². The number of aromatic amines is 1. The van der Waals surface area contributed by atoms with E-state index in [4.69, 9.17) is 4.99 Å². The van der Waals surface area contributed by atoms with Crippen LogP contribution in [0.3, 0.4) is 0 Å². The van der Waals surface area contributed by atoms with Crippen molar-refractivity contribution >= 4 is 32.4 Å². The first-order chi connectivity index (χ1) is 16.4. The van der Waals surface area contributed by atoms with Gasteiger partial charge in [0.25, 0.3) is 0 Å². The first-order valence-corrected chi connectivity index (χ1v) is 12.0. The van der Waals surface area contributed by atoms with Crippen LogP contribution in [0.25, 0.3) is 5.70 Å². The Labute approximate surface area is 204 Å². The summed E-state index contributed by atoms with van der Waals surface area (Å²) in [5.74, 6) is 0.842. The predicted molar refractivity (Wildman–Crippen MR) is 146 cm³/mol. The quantitative estimate of drug-likeness (QED) is 0.354. The van der Waals surface area contributed by atoms with Gasteiger partial charge >= 0.3 is 0 Å². The van der Waals surface area contributed by atoms with Gasteiger partial charge in [-0.3, -0.25) is 15.1 Å². The summed E-state index contributed by atoms with van der Waals surface area (Å²) in [5.41, 5.74) is 7.70. The van der Waals surface area contributed by atoms with Gasteiger partial charge in [-0.05, 0) is 51.8 Å². The number of aromatic nitrogens is 3. The first-order valence-electron chi connectivity index (χ1n) is 11.4. The third-order valence-corrected chi connectivity index (χ3v) is 5.98. The van der Waals surface area contributed by atoms with E-state index in [0.29, 0.717) is 6.54 Å². The molecule has 34 heavy (non-hydrogen) atoms. The van der Waals surface area contributed by atoms with Crippen molar-refractivity contribution < 1.29 is 0 Å². The van der Waals surface area contributed by atoms with Crippen LogP contribution in [0, 0.1) is 0 Å². The van der Waals surface area contributed by atoms with Crippen LogP contribution in [0.2, 0.25) is 0 Å². The Kier molecular flexibility index (Phi) is 9.11. The Morgan fingerprint density at radius 3 is 2.79 bits per heavy atom. The van der Waals surface area contributed by atoms with E-state index in [1.165, 1.54) is 0 Å². The zero-order valence-electron chi connectivity index (χ0n) is 20.5. The van der Waals surface area contributed by atoms with Gasteiger partial charge in [-0.2, -0.15) is 5.10 Å². The summed E-state index contributed by atoms with van der Waals surface area (Å²) < 4.78 is 0. The molecule has 0 radical (unpaired) electrons. The zero-order valence-corrected chi connectivity index (χ0v) is 21.6. The molecular formula is C26H34N7P. The number of rotatable bonds is 7. The Balaban J connectivity index is 2.05. The molecule has 3 rings (SSSR count). The smallest absolute Gasteiger partial charge is 0.152 e. The molecule has 7 nitrogen and oxygen atoms in total. The Hall–Kier alpha value is -3.31. The largest absolute Gasteiger partial charge is 0.382 e. The molecule has 1 fully saturated rings. The van der Waals surface area contributed by atoms with Gasteiger partial charge in [-0.1, -0.05) is 33.5 Å². The molecule has 2 N–H and O–H groups in total. The molecule has 1 atom stereocenters. The number of hydrogen-bond acceptors (Lipinski definition) is 5. The summed E-state index contributed by atoms with van der Waals surface area (Å²) in [4.78, 5) is 16.4. The predicted octanol–water partition coefficient (Wildman–Crippen LogP) is 4.38. The van der Waals surface area contributed by atoms with Crippen LogP contribution in [-0.4, -0.2) is 45.2 Å². The van der Waals surface area contributed by atoms with Gasteiger partial charge in [0.15, 0.2) is 5.84 Å². The van der Waals surface area contributed by atoms with Crippen LogP contribution in [0.15, 0.2) is 82.0 Å². The normalized spacial score (nSPS) is 16.7. The van der Waals surface area contributed by atoms with Crippen LogP contribution in [0.4, 0.5) is 0 Å². The molecule has 1 aliphatic heterocycles. The number of aliphatic imine (C=N–C) groups is 2. The molecule has 2 aromatic heterocycles. The molecule has 0 bridgehead atoms. The fraction of sp³-hybridized carbons (Fsp3) is 0.308. The fourth-order valence-corrected chi connectivity index (χ4v) is 3.97. The molecule has 0 amide bonds. The van der Waals surface area contributed by atoms with Gasteiger partial charge in [0.05, 0.1) is 28.7 Å². The molecule has 3 heterocycles. The van der Waals surface area contributed by atoms with Gasteiger partial charge in [-0.15, -0.1) is 0 Å². The molecule has 1 aliphatic rings. The number of amidine groups is 1. The van der Waals surface area contributed by atoms with Gasteiger partial charge in [0.2, 0.25) is 0 Å². The first kappa shape index (κ1) is 25.3. The van der Waals surface area contributed by atoms with Crippen molar-refractivity contribution in [3.05, 3.63) is 83.1 Å². The molecule has 0 spiro atoms. The number of pyridine rings is 1. The second-order valence-corrected chi connectivity index (χ2v) is 8.70. The Morgan fingerprint density at radius 2 is 2.15 bits per heavy atom. The van der Waals surface area contributed by atoms with Crippen molar-refractivity contribution in [3.63, 3.8) is 0 Å². The molecular weight excluding hydrogens is 441 g/mol. The van der Waals surface area contributed by atoms with E-state index < -0.39 is 0 Å². The van der Waals surface area contributed by atoms with Crippen molar-refractivity contribution in [2.24, 2.45) is 9.98 Å². The number of H-pyrrole nitrogens is 1. The van der Waals surface area contributed by atoms with E-state index >= 15 is 0 Å². The standard InChI is InChI=1S/C26H34N7P/c1-6-23(22(18(3)4)14-24(27-7-2)21-15-30-31-16-21)32-25-19(5)28-12-9-13-33(25)17-20-10-8-11-29-26(20)34/h6-8,10-11,14-16,28H,5,9,12-13,17,34H2,1-4H3,(H,30,31)/b23-6-,24-14-,27-7?,32-25?. The molecule has 2 aromatic rings. The van der Waals surface area contributed by atoms with Crippen LogP contribution in [-0.2, 0) is 6.54 Å². The minimum atomic E-state index is 0.712. The summed E-state index contributed by atoms with van der Waals surface area (Å²) in [6.45, 7) is 14.8. The van der Waals surface area contributed by atoms with Crippen molar-refractivity contribution in [3.8, 4) is 0 Å². The van der Waals surface area contributed by atoms with Crippen LogP contribution in [0.5, 0.6) is 0 Å². The second kappa shape index (κ2) is 12.2. The van der Waals surface area contributed by atoms with Crippen LogP contribution >= 0.6 is 9.24 Å². The monoisotopic (exact) mass is 475 g/mol. The van der Waals surface area contributed by atoms with Crippen molar-refractivity contribution in [1.82, 2.24) is 25.4 Å². The lowest BCUT2D eigenvalue weighted by Crippen LogP contribution is -2.34. The maximum Gasteiger partial charge on any atom is 0.152 e. The molecule has 178 valence electrons. The summed E-state index contributed by atoms with van der Waals surface area (Å²) in [6, 6.07) is 4.08.